The molecule has 1 saturated heterocycles. The third-order valence-electron chi connectivity index (χ3n) is 2.50. The highest BCUT2D eigenvalue weighted by Gasteiger charge is 2.40. The van der Waals surface area contributed by atoms with E-state index in [9.17, 15) is 9.59 Å². The molecule has 1 fully saturated rings. The molecule has 0 aliphatic carbocycles. The number of halogens is 1. The molecule has 1 aliphatic heterocycles. The normalized spacial score (nSPS) is 24.2. The molecule has 84 valence electrons. The maximum absolute atomic E-state index is 11.1. The van der Waals surface area contributed by atoms with Crippen LogP contribution in [0, 0.1) is 5.92 Å². The molecule has 16 heavy (non-hydrogen) atoms. The molecule has 0 amide bonds. The minimum atomic E-state index is -1.03. The second-order valence-corrected chi connectivity index (χ2v) is 4.05. The Hall–Kier alpha value is -1.55. The van der Waals surface area contributed by atoms with E-state index in [4.69, 9.17) is 21.4 Å². The number of carboxylic acids is 1. The van der Waals surface area contributed by atoms with Crippen LogP contribution in [0.3, 0.4) is 0 Å². The average Bonchev–Trinajstić information content (AvgIpc) is 2.60. The summed E-state index contributed by atoms with van der Waals surface area (Å²) in [7, 11) is 0. The molecule has 0 aromatic heterocycles. The quantitative estimate of drug-likeness (QED) is 0.804. The Morgan fingerprint density at radius 1 is 1.50 bits per heavy atom. The Bertz CT molecular complexity index is 443. The van der Waals surface area contributed by atoms with E-state index < -0.39 is 24.0 Å². The summed E-state index contributed by atoms with van der Waals surface area (Å²) < 4.78 is 5.00. The smallest absolute Gasteiger partial charge is 0.311 e. The zero-order chi connectivity index (χ0) is 11.7. The van der Waals surface area contributed by atoms with Gasteiger partial charge in [0.25, 0.3) is 0 Å². The first kappa shape index (κ1) is 11.0. The third kappa shape index (κ3) is 2.02. The number of benzene rings is 1. The van der Waals surface area contributed by atoms with Crippen LogP contribution in [0.5, 0.6) is 0 Å². The van der Waals surface area contributed by atoms with Gasteiger partial charge >= 0.3 is 11.9 Å². The lowest BCUT2D eigenvalue weighted by molar-refractivity contribution is -0.144. The predicted octanol–water partition coefficient (Wildman–Crippen LogP) is 2.03. The minimum absolute atomic E-state index is 0.0908. The second kappa shape index (κ2) is 4.14. The molecule has 1 aromatic rings. The van der Waals surface area contributed by atoms with Gasteiger partial charge in [-0.2, -0.15) is 0 Å². The number of hydrogen-bond acceptors (Lipinski definition) is 3. The van der Waals surface area contributed by atoms with E-state index >= 15 is 0 Å². The fourth-order valence-corrected chi connectivity index (χ4v) is 1.96. The molecule has 0 unspecified atom stereocenters. The van der Waals surface area contributed by atoms with E-state index in [-0.39, 0.29) is 6.42 Å². The van der Waals surface area contributed by atoms with Crippen molar-refractivity contribution in [3.05, 3.63) is 34.9 Å². The lowest BCUT2D eigenvalue weighted by atomic mass is 9.95. The lowest BCUT2D eigenvalue weighted by Gasteiger charge is -2.14. The standard InChI is InChI=1S/C11H9ClO4/c12-7-3-1-2-6(4-7)10-8(11(14)15)5-9(13)16-10/h1-4,8,10H,5H2,(H,14,15)/t8-,10-/m1/s1. The van der Waals surface area contributed by atoms with Gasteiger partial charge in [-0.05, 0) is 17.7 Å². The van der Waals surface area contributed by atoms with Crippen molar-refractivity contribution in [3.63, 3.8) is 0 Å². The van der Waals surface area contributed by atoms with Crippen LogP contribution >= 0.6 is 11.6 Å². The van der Waals surface area contributed by atoms with Crippen LogP contribution in [0.2, 0.25) is 5.02 Å². The number of esters is 1. The number of carbonyl (C=O) groups is 2. The first-order valence-electron chi connectivity index (χ1n) is 4.75. The Balaban J connectivity index is 2.32. The van der Waals surface area contributed by atoms with Crippen molar-refractivity contribution in [2.45, 2.75) is 12.5 Å². The summed E-state index contributed by atoms with van der Waals surface area (Å²) in [6.07, 6.45) is -0.823. The van der Waals surface area contributed by atoms with Crippen molar-refractivity contribution < 1.29 is 19.4 Å². The summed E-state index contributed by atoms with van der Waals surface area (Å²) in [6.45, 7) is 0. The zero-order valence-electron chi connectivity index (χ0n) is 8.22. The van der Waals surface area contributed by atoms with Gasteiger partial charge in [0.2, 0.25) is 0 Å². The molecule has 0 radical (unpaired) electrons. The topological polar surface area (TPSA) is 63.6 Å². The molecule has 1 aliphatic rings. The maximum atomic E-state index is 11.1. The number of cyclic esters (lactones) is 1. The molecule has 0 bridgehead atoms. The van der Waals surface area contributed by atoms with Gasteiger partial charge in [-0.3, -0.25) is 9.59 Å². The van der Waals surface area contributed by atoms with Crippen LogP contribution in [-0.4, -0.2) is 17.0 Å². The Labute approximate surface area is 96.8 Å². The Kier molecular flexibility index (Phi) is 2.83. The van der Waals surface area contributed by atoms with Crippen LogP contribution in [-0.2, 0) is 14.3 Å². The SMILES string of the molecule is O=C1C[C@@H](C(=O)O)[C@@H](c2cccc(Cl)c2)O1. The highest BCUT2D eigenvalue weighted by Crippen LogP contribution is 2.36. The van der Waals surface area contributed by atoms with Crippen LogP contribution in [0.4, 0.5) is 0 Å². The van der Waals surface area contributed by atoms with Gasteiger partial charge in [-0.15, -0.1) is 0 Å². The molecule has 1 aromatic carbocycles. The van der Waals surface area contributed by atoms with Crippen LogP contribution in [0.15, 0.2) is 24.3 Å². The van der Waals surface area contributed by atoms with Gasteiger partial charge in [0, 0.05) is 5.02 Å². The Morgan fingerprint density at radius 2 is 2.25 bits per heavy atom. The van der Waals surface area contributed by atoms with Crippen molar-refractivity contribution in [3.8, 4) is 0 Å². The largest absolute Gasteiger partial charge is 0.481 e. The summed E-state index contributed by atoms with van der Waals surface area (Å²) in [5.41, 5.74) is 0.616. The van der Waals surface area contributed by atoms with Crippen molar-refractivity contribution in [2.75, 3.05) is 0 Å². The fourth-order valence-electron chi connectivity index (χ4n) is 1.76. The summed E-state index contributed by atoms with van der Waals surface area (Å²) in [6, 6.07) is 6.69. The van der Waals surface area contributed by atoms with Crippen LogP contribution in [0.25, 0.3) is 0 Å². The van der Waals surface area contributed by atoms with Crippen molar-refractivity contribution in [1.29, 1.82) is 0 Å². The highest BCUT2D eigenvalue weighted by atomic mass is 35.5. The molecule has 1 N–H and O–H groups in total. The fraction of sp³-hybridized carbons (Fsp3) is 0.273. The number of carboxylic acid groups (broad SMARTS) is 1. The summed E-state index contributed by atoms with van der Waals surface area (Å²) in [5, 5.41) is 9.46. The molecular weight excluding hydrogens is 232 g/mol. The maximum Gasteiger partial charge on any atom is 0.311 e. The van der Waals surface area contributed by atoms with Gasteiger partial charge < -0.3 is 9.84 Å². The second-order valence-electron chi connectivity index (χ2n) is 3.61. The van der Waals surface area contributed by atoms with Crippen molar-refractivity contribution in [2.24, 2.45) is 5.92 Å². The van der Waals surface area contributed by atoms with Gasteiger partial charge in [0.1, 0.15) is 12.0 Å². The van der Waals surface area contributed by atoms with E-state index in [0.717, 1.165) is 0 Å². The van der Waals surface area contributed by atoms with Crippen molar-refractivity contribution in [1.82, 2.24) is 0 Å². The predicted molar refractivity (Wildman–Crippen MR) is 56.0 cm³/mol. The molecule has 4 nitrogen and oxygen atoms in total. The third-order valence-corrected chi connectivity index (χ3v) is 2.74. The van der Waals surface area contributed by atoms with Crippen LogP contribution < -0.4 is 0 Å². The van der Waals surface area contributed by atoms with E-state index in [1.165, 1.54) is 0 Å². The van der Waals surface area contributed by atoms with E-state index in [0.29, 0.717) is 10.6 Å². The van der Waals surface area contributed by atoms with Gasteiger partial charge in [-0.1, -0.05) is 23.7 Å². The lowest BCUT2D eigenvalue weighted by Crippen LogP contribution is -2.17. The van der Waals surface area contributed by atoms with Crippen molar-refractivity contribution >= 4 is 23.5 Å². The number of aliphatic carboxylic acids is 1. The number of hydrogen-bond donors (Lipinski definition) is 1. The number of rotatable bonds is 2. The van der Waals surface area contributed by atoms with Gasteiger partial charge in [-0.25, -0.2) is 0 Å². The molecule has 2 rings (SSSR count). The van der Waals surface area contributed by atoms with E-state index in [2.05, 4.69) is 0 Å². The molecule has 0 spiro atoms. The summed E-state index contributed by atoms with van der Waals surface area (Å²) >= 11 is 5.80. The van der Waals surface area contributed by atoms with Gasteiger partial charge in [0.05, 0.1) is 6.42 Å². The summed E-state index contributed by atoms with van der Waals surface area (Å²) in [4.78, 5) is 22.1. The molecule has 1 heterocycles. The first-order chi connectivity index (χ1) is 7.58. The minimum Gasteiger partial charge on any atom is -0.481 e. The molecular formula is C11H9ClO4. The number of ether oxygens (including phenoxy) is 1. The van der Waals surface area contributed by atoms with E-state index in [1.54, 1.807) is 24.3 Å². The van der Waals surface area contributed by atoms with Gasteiger partial charge in [0.15, 0.2) is 0 Å². The highest BCUT2D eigenvalue weighted by molar-refractivity contribution is 6.30. The van der Waals surface area contributed by atoms with E-state index in [1.807, 2.05) is 0 Å². The summed E-state index contributed by atoms with van der Waals surface area (Å²) in [5.74, 6) is -2.35. The molecule has 5 heteroatoms. The number of carbonyl (C=O) groups excluding carboxylic acids is 1. The first-order valence-corrected chi connectivity index (χ1v) is 5.13. The average molecular weight is 241 g/mol. The Morgan fingerprint density at radius 3 is 2.88 bits per heavy atom. The monoisotopic (exact) mass is 240 g/mol. The zero-order valence-corrected chi connectivity index (χ0v) is 8.98. The van der Waals surface area contributed by atoms with Crippen LogP contribution in [0.1, 0.15) is 18.1 Å². The molecule has 0 saturated carbocycles. The molecule has 2 atom stereocenters.